The first-order chi connectivity index (χ1) is 9.88. The maximum absolute atomic E-state index is 10.8. The van der Waals surface area contributed by atoms with Gasteiger partial charge in [-0.15, -0.1) is 12.4 Å². The Labute approximate surface area is 142 Å². The van der Waals surface area contributed by atoms with Crippen LogP contribution in [0.2, 0.25) is 0 Å². The van der Waals surface area contributed by atoms with Crippen molar-refractivity contribution in [1.29, 1.82) is 0 Å². The number of nitrogens with two attached hydrogens (primary N) is 2. The minimum absolute atomic E-state index is 0. The number of carboxylic acid groups (broad SMARTS) is 1. The number of unbranched alkanes of at least 4 members (excludes halogenated alkanes) is 9. The highest BCUT2D eigenvalue weighted by molar-refractivity contribution is 5.85. The molecule has 0 aliphatic carbocycles. The summed E-state index contributed by atoms with van der Waals surface area (Å²) in [5.41, 5.74) is 11.6. The molecule has 0 heterocycles. The van der Waals surface area contributed by atoms with E-state index in [9.17, 15) is 4.79 Å². The van der Waals surface area contributed by atoms with Crippen LogP contribution >= 0.6 is 12.4 Å². The summed E-state index contributed by atoms with van der Waals surface area (Å²) in [5.74, 6) is -1.94. The van der Waals surface area contributed by atoms with E-state index >= 15 is 0 Å². The van der Waals surface area contributed by atoms with E-state index in [-0.39, 0.29) is 19.0 Å². The van der Waals surface area contributed by atoms with Crippen molar-refractivity contribution >= 4 is 18.4 Å². The quantitative estimate of drug-likeness (QED) is 0.334. The van der Waals surface area contributed by atoms with Crippen LogP contribution in [-0.4, -0.2) is 34.9 Å². The molecule has 0 saturated carbocycles. The fourth-order valence-corrected chi connectivity index (χ4v) is 2.44. The Hall–Kier alpha value is -0.360. The van der Waals surface area contributed by atoms with Crippen LogP contribution < -0.4 is 11.5 Å². The monoisotopic (exact) mass is 337 g/mol. The van der Waals surface area contributed by atoms with Crippen molar-refractivity contribution in [3.05, 3.63) is 0 Å². The molecule has 0 amide bonds. The molecule has 0 fully saturated rings. The van der Waals surface area contributed by atoms with E-state index in [2.05, 4.69) is 6.92 Å². The molecule has 0 aromatic carbocycles. The highest BCUT2D eigenvalue weighted by Crippen LogP contribution is 2.11. The van der Waals surface area contributed by atoms with E-state index < -0.39 is 11.8 Å². The molecular weight excluding hydrogens is 302 g/mol. The average Bonchev–Trinajstić information content (AvgIpc) is 2.38. The molecule has 6 heteroatoms. The van der Waals surface area contributed by atoms with E-state index in [1.54, 1.807) is 11.8 Å². The fraction of sp³-hybridized carbons (Fsp3) is 0.938. The first-order valence-corrected chi connectivity index (χ1v) is 8.42. The topological polar surface area (TPSA) is 92.6 Å². The van der Waals surface area contributed by atoms with Crippen LogP contribution in [0.15, 0.2) is 0 Å². The normalized spacial score (nSPS) is 11.5. The minimum Gasteiger partial charge on any atom is -0.480 e. The summed E-state index contributed by atoms with van der Waals surface area (Å²) in [6.07, 6.45) is 12.6. The zero-order valence-corrected chi connectivity index (χ0v) is 15.2. The molecule has 0 radical (unpaired) electrons. The van der Waals surface area contributed by atoms with E-state index in [1.165, 1.54) is 51.4 Å². The predicted molar refractivity (Wildman–Crippen MR) is 95.1 cm³/mol. The van der Waals surface area contributed by atoms with Crippen LogP contribution in [0, 0.1) is 0 Å². The molecule has 0 spiro atoms. The summed E-state index contributed by atoms with van der Waals surface area (Å²) in [4.78, 5) is 12.4. The van der Waals surface area contributed by atoms with Crippen LogP contribution in [0.5, 0.6) is 0 Å². The molecule has 0 bridgehead atoms. The van der Waals surface area contributed by atoms with Gasteiger partial charge in [0.15, 0.2) is 0 Å². The minimum atomic E-state index is -1.06. The van der Waals surface area contributed by atoms with E-state index in [0.717, 1.165) is 12.8 Å². The number of carboxylic acids is 1. The van der Waals surface area contributed by atoms with Gasteiger partial charge in [-0.05, 0) is 13.3 Å². The number of hydrogen-bond acceptors (Lipinski definition) is 4. The number of carbonyl (C=O) groups is 1. The van der Waals surface area contributed by atoms with Gasteiger partial charge in [0, 0.05) is 6.54 Å². The molecule has 5 N–H and O–H groups in total. The highest BCUT2D eigenvalue weighted by Gasteiger charge is 2.23. The molecule has 5 nitrogen and oxygen atoms in total. The second-order valence-electron chi connectivity index (χ2n) is 6.22. The molecule has 0 atom stereocenters. The molecule has 22 heavy (non-hydrogen) atoms. The third-order valence-electron chi connectivity index (χ3n) is 3.79. The number of hydrogen-bond donors (Lipinski definition) is 3. The van der Waals surface area contributed by atoms with E-state index in [0.29, 0.717) is 6.54 Å². The number of nitrogens with zero attached hydrogens (tertiary/aromatic N) is 1. The third kappa shape index (κ3) is 14.6. The van der Waals surface area contributed by atoms with Crippen LogP contribution in [0.1, 0.15) is 78.1 Å². The van der Waals surface area contributed by atoms with Crippen LogP contribution in [0.4, 0.5) is 0 Å². The Morgan fingerprint density at radius 3 is 1.73 bits per heavy atom. The first kappa shape index (κ1) is 23.9. The molecular formula is C16H36ClN3O2. The molecule has 0 aromatic rings. The molecule has 0 rings (SSSR count). The van der Waals surface area contributed by atoms with Gasteiger partial charge in [-0.2, -0.15) is 0 Å². The Morgan fingerprint density at radius 2 is 1.36 bits per heavy atom. The molecule has 0 aromatic heterocycles. The van der Waals surface area contributed by atoms with Crippen molar-refractivity contribution < 1.29 is 9.90 Å². The lowest BCUT2D eigenvalue weighted by Crippen LogP contribution is -2.62. The van der Waals surface area contributed by atoms with Gasteiger partial charge in [-0.1, -0.05) is 64.7 Å². The maximum Gasteiger partial charge on any atom is 0.317 e. The van der Waals surface area contributed by atoms with Gasteiger partial charge in [0.2, 0.25) is 0 Å². The van der Waals surface area contributed by atoms with Gasteiger partial charge in [0.25, 0.3) is 0 Å². The molecule has 134 valence electrons. The number of rotatable bonds is 14. The summed E-state index contributed by atoms with van der Waals surface area (Å²) < 4.78 is 0. The van der Waals surface area contributed by atoms with Crippen molar-refractivity contribution in [3.63, 3.8) is 0 Å². The average molecular weight is 338 g/mol. The van der Waals surface area contributed by atoms with Crippen molar-refractivity contribution in [2.75, 3.05) is 13.1 Å². The van der Waals surface area contributed by atoms with E-state index in [4.69, 9.17) is 16.6 Å². The van der Waals surface area contributed by atoms with Crippen molar-refractivity contribution in [2.24, 2.45) is 11.5 Å². The second kappa shape index (κ2) is 14.2. The van der Waals surface area contributed by atoms with Crippen LogP contribution in [-0.2, 0) is 4.79 Å². The Balaban J connectivity index is 0. The van der Waals surface area contributed by atoms with Gasteiger partial charge in [-0.25, -0.2) is 0 Å². The Morgan fingerprint density at radius 1 is 0.955 bits per heavy atom. The predicted octanol–water partition coefficient (Wildman–Crippen LogP) is 3.31. The SMILES string of the molecule is CCCCCCCCCCCCN(CC(=O)O)C(C)(N)N.Cl. The van der Waals surface area contributed by atoms with Gasteiger partial charge in [0.05, 0.1) is 6.54 Å². The molecule has 0 aliphatic rings. The zero-order valence-electron chi connectivity index (χ0n) is 14.4. The molecule has 0 aliphatic heterocycles. The van der Waals surface area contributed by atoms with Gasteiger partial charge in [0.1, 0.15) is 5.79 Å². The van der Waals surface area contributed by atoms with Gasteiger partial charge >= 0.3 is 5.97 Å². The fourth-order valence-electron chi connectivity index (χ4n) is 2.44. The van der Waals surface area contributed by atoms with Crippen LogP contribution in [0.3, 0.4) is 0 Å². The zero-order chi connectivity index (χ0) is 16.1. The van der Waals surface area contributed by atoms with Gasteiger partial charge in [-0.3, -0.25) is 9.69 Å². The highest BCUT2D eigenvalue weighted by atomic mass is 35.5. The molecule has 0 saturated heterocycles. The van der Waals surface area contributed by atoms with Crippen molar-refractivity contribution in [2.45, 2.75) is 83.8 Å². The van der Waals surface area contributed by atoms with Crippen molar-refractivity contribution in [3.8, 4) is 0 Å². The lowest BCUT2D eigenvalue weighted by molar-refractivity contribution is -0.140. The number of halogens is 1. The van der Waals surface area contributed by atoms with Crippen molar-refractivity contribution in [1.82, 2.24) is 4.90 Å². The Bertz CT molecular complexity index is 271. The van der Waals surface area contributed by atoms with Crippen LogP contribution in [0.25, 0.3) is 0 Å². The summed E-state index contributed by atoms with van der Waals surface area (Å²) in [6.45, 7) is 4.43. The third-order valence-corrected chi connectivity index (χ3v) is 3.79. The number of aliphatic carboxylic acids is 1. The summed E-state index contributed by atoms with van der Waals surface area (Å²) in [6, 6.07) is 0. The second-order valence-corrected chi connectivity index (χ2v) is 6.22. The summed E-state index contributed by atoms with van der Waals surface area (Å²) in [5, 5.41) is 8.86. The molecule has 0 unspecified atom stereocenters. The summed E-state index contributed by atoms with van der Waals surface area (Å²) >= 11 is 0. The lowest BCUT2D eigenvalue weighted by Gasteiger charge is -2.33. The van der Waals surface area contributed by atoms with E-state index in [1.807, 2.05) is 0 Å². The smallest absolute Gasteiger partial charge is 0.317 e. The maximum atomic E-state index is 10.8. The standard InChI is InChI=1S/C16H35N3O2.ClH/c1-3-4-5-6-7-8-9-10-11-12-13-19(14-15(20)21)16(2,17)18;/h3-14,17-18H2,1-2H3,(H,20,21);1H. The summed E-state index contributed by atoms with van der Waals surface area (Å²) in [7, 11) is 0. The Kier molecular flexibility index (Phi) is 15.5. The first-order valence-electron chi connectivity index (χ1n) is 8.42. The largest absolute Gasteiger partial charge is 0.480 e. The lowest BCUT2D eigenvalue weighted by atomic mass is 10.1. The van der Waals surface area contributed by atoms with Gasteiger partial charge < -0.3 is 16.6 Å².